The summed E-state index contributed by atoms with van der Waals surface area (Å²) in [4.78, 5) is 12.1. The fourth-order valence-electron chi connectivity index (χ4n) is 2.50. The summed E-state index contributed by atoms with van der Waals surface area (Å²) in [6.07, 6.45) is 1.54. The molecule has 0 saturated carbocycles. The molecule has 0 aromatic heterocycles. The topological polar surface area (TPSA) is 41.1 Å². The van der Waals surface area contributed by atoms with Crippen LogP contribution in [-0.2, 0) is 4.79 Å². The van der Waals surface area contributed by atoms with Crippen molar-refractivity contribution in [3.63, 3.8) is 0 Å². The van der Waals surface area contributed by atoms with Crippen LogP contribution in [0.4, 0.5) is 0 Å². The van der Waals surface area contributed by atoms with Gasteiger partial charge >= 0.3 is 0 Å². The van der Waals surface area contributed by atoms with Crippen molar-refractivity contribution >= 4 is 21.8 Å². The number of nitrogens with one attached hydrogen (secondary N) is 2. The maximum absolute atomic E-state index is 12.1. The second-order valence-corrected chi connectivity index (χ2v) is 6.61. The van der Waals surface area contributed by atoms with Crippen LogP contribution in [0.5, 0.6) is 0 Å². The summed E-state index contributed by atoms with van der Waals surface area (Å²) < 4.78 is 1.07. The first kappa shape index (κ1) is 14.5. The third kappa shape index (κ3) is 4.05. The van der Waals surface area contributed by atoms with Crippen LogP contribution in [0.3, 0.4) is 0 Å². The Labute approximate surface area is 123 Å². The normalized spacial score (nSPS) is 24.2. The first-order valence-corrected chi connectivity index (χ1v) is 7.55. The highest BCUT2D eigenvalue weighted by atomic mass is 79.9. The molecule has 2 rings (SSSR count). The Kier molecular flexibility index (Phi) is 4.63. The van der Waals surface area contributed by atoms with E-state index in [1.165, 1.54) is 5.56 Å². The smallest absolute Gasteiger partial charge is 0.221 e. The van der Waals surface area contributed by atoms with Gasteiger partial charge < -0.3 is 10.6 Å². The molecule has 1 aromatic rings. The molecule has 1 heterocycles. The van der Waals surface area contributed by atoms with Gasteiger partial charge in [0.05, 0.1) is 5.54 Å². The minimum absolute atomic E-state index is 0.0729. The third-order valence-corrected chi connectivity index (χ3v) is 4.27. The van der Waals surface area contributed by atoms with Gasteiger partial charge in [0.15, 0.2) is 0 Å². The van der Waals surface area contributed by atoms with E-state index in [9.17, 15) is 4.79 Å². The van der Waals surface area contributed by atoms with Gasteiger partial charge in [-0.05, 0) is 43.5 Å². The Hall–Kier alpha value is -0.870. The Balaban J connectivity index is 1.89. The highest BCUT2D eigenvalue weighted by Crippen LogP contribution is 2.22. The van der Waals surface area contributed by atoms with E-state index in [0.717, 1.165) is 24.0 Å². The summed E-state index contributed by atoms with van der Waals surface area (Å²) in [6.45, 7) is 6.05. The van der Waals surface area contributed by atoms with Crippen molar-refractivity contribution in [2.75, 3.05) is 13.1 Å². The third-order valence-electron chi connectivity index (χ3n) is 3.74. The van der Waals surface area contributed by atoms with E-state index < -0.39 is 0 Å². The predicted molar refractivity (Wildman–Crippen MR) is 81.2 cm³/mol. The molecule has 2 unspecified atom stereocenters. The maximum Gasteiger partial charge on any atom is 0.221 e. The van der Waals surface area contributed by atoms with E-state index in [0.29, 0.717) is 6.42 Å². The molecule has 104 valence electrons. The van der Waals surface area contributed by atoms with E-state index in [2.05, 4.69) is 52.5 Å². The largest absolute Gasteiger partial charge is 0.350 e. The van der Waals surface area contributed by atoms with Crippen molar-refractivity contribution in [1.29, 1.82) is 0 Å². The molecule has 2 atom stereocenters. The lowest BCUT2D eigenvalue weighted by atomic mass is 9.96. The van der Waals surface area contributed by atoms with Gasteiger partial charge in [0.2, 0.25) is 5.91 Å². The quantitative estimate of drug-likeness (QED) is 0.894. The van der Waals surface area contributed by atoms with Gasteiger partial charge in [-0.25, -0.2) is 0 Å². The van der Waals surface area contributed by atoms with Gasteiger partial charge in [-0.1, -0.05) is 35.0 Å². The van der Waals surface area contributed by atoms with Crippen molar-refractivity contribution in [3.8, 4) is 0 Å². The SMILES string of the molecule is CC(CC(=O)NC1(C)CCNC1)c1ccc(Br)cc1. The van der Waals surface area contributed by atoms with Crippen LogP contribution in [-0.4, -0.2) is 24.5 Å². The summed E-state index contributed by atoms with van der Waals surface area (Å²) in [5.41, 5.74) is 1.13. The number of benzene rings is 1. The second kappa shape index (κ2) is 6.06. The zero-order chi connectivity index (χ0) is 13.9. The van der Waals surface area contributed by atoms with Crippen LogP contribution in [0.15, 0.2) is 28.7 Å². The number of amides is 1. The Morgan fingerprint density at radius 2 is 2.16 bits per heavy atom. The molecule has 1 saturated heterocycles. The molecule has 1 aliphatic heterocycles. The molecule has 19 heavy (non-hydrogen) atoms. The Morgan fingerprint density at radius 1 is 1.47 bits per heavy atom. The number of halogens is 1. The fraction of sp³-hybridized carbons (Fsp3) is 0.533. The molecule has 2 N–H and O–H groups in total. The first-order valence-electron chi connectivity index (χ1n) is 6.76. The Bertz CT molecular complexity index is 438. The standard InChI is InChI=1S/C15H21BrN2O/c1-11(12-3-5-13(16)6-4-12)9-14(19)18-15(2)7-8-17-10-15/h3-6,11,17H,7-10H2,1-2H3,(H,18,19). The summed E-state index contributed by atoms with van der Waals surface area (Å²) in [7, 11) is 0. The lowest BCUT2D eigenvalue weighted by Crippen LogP contribution is -2.47. The van der Waals surface area contributed by atoms with Crippen LogP contribution in [0, 0.1) is 0 Å². The molecular weight excluding hydrogens is 304 g/mol. The van der Waals surface area contributed by atoms with E-state index >= 15 is 0 Å². The number of hydrogen-bond donors (Lipinski definition) is 2. The summed E-state index contributed by atoms with van der Waals surface area (Å²) in [6, 6.07) is 8.18. The van der Waals surface area contributed by atoms with E-state index in [1.54, 1.807) is 0 Å². The Morgan fingerprint density at radius 3 is 2.74 bits per heavy atom. The molecule has 3 nitrogen and oxygen atoms in total. The summed E-state index contributed by atoms with van der Waals surface area (Å²) in [5, 5.41) is 6.45. The van der Waals surface area contributed by atoms with Crippen molar-refractivity contribution in [2.24, 2.45) is 0 Å². The lowest BCUT2D eigenvalue weighted by molar-refractivity contribution is -0.123. The van der Waals surface area contributed by atoms with Crippen LogP contribution < -0.4 is 10.6 Å². The van der Waals surface area contributed by atoms with E-state index in [-0.39, 0.29) is 17.4 Å². The highest BCUT2D eigenvalue weighted by Gasteiger charge is 2.30. The minimum atomic E-state index is -0.0729. The monoisotopic (exact) mass is 324 g/mol. The summed E-state index contributed by atoms with van der Waals surface area (Å²) >= 11 is 3.42. The van der Waals surface area contributed by atoms with Crippen molar-refractivity contribution in [3.05, 3.63) is 34.3 Å². The van der Waals surface area contributed by atoms with Crippen molar-refractivity contribution in [2.45, 2.75) is 38.1 Å². The predicted octanol–water partition coefficient (Wildman–Crippen LogP) is 2.81. The molecule has 4 heteroatoms. The minimum Gasteiger partial charge on any atom is -0.350 e. The van der Waals surface area contributed by atoms with Crippen molar-refractivity contribution in [1.82, 2.24) is 10.6 Å². The van der Waals surface area contributed by atoms with Gasteiger partial charge in [-0.3, -0.25) is 4.79 Å². The van der Waals surface area contributed by atoms with E-state index in [1.807, 2.05) is 12.1 Å². The molecule has 0 aliphatic carbocycles. The van der Waals surface area contributed by atoms with Gasteiger partial charge in [-0.2, -0.15) is 0 Å². The zero-order valence-electron chi connectivity index (χ0n) is 11.5. The average Bonchev–Trinajstić information content (AvgIpc) is 2.76. The molecule has 1 aliphatic rings. The molecule has 0 bridgehead atoms. The second-order valence-electron chi connectivity index (χ2n) is 5.69. The van der Waals surface area contributed by atoms with Crippen LogP contribution in [0.25, 0.3) is 0 Å². The molecular formula is C15H21BrN2O. The highest BCUT2D eigenvalue weighted by molar-refractivity contribution is 9.10. The molecule has 0 spiro atoms. The molecule has 0 radical (unpaired) electrons. The number of carbonyl (C=O) groups excluding carboxylic acids is 1. The summed E-state index contributed by atoms with van der Waals surface area (Å²) in [5.74, 6) is 0.382. The van der Waals surface area contributed by atoms with Crippen molar-refractivity contribution < 1.29 is 4.79 Å². The molecule has 1 amide bonds. The van der Waals surface area contributed by atoms with Gasteiger partial charge in [-0.15, -0.1) is 0 Å². The molecule has 1 aromatic carbocycles. The number of rotatable bonds is 4. The maximum atomic E-state index is 12.1. The lowest BCUT2D eigenvalue weighted by Gasteiger charge is -2.25. The average molecular weight is 325 g/mol. The zero-order valence-corrected chi connectivity index (χ0v) is 13.1. The van der Waals surface area contributed by atoms with Gasteiger partial charge in [0.25, 0.3) is 0 Å². The number of carbonyl (C=O) groups is 1. The first-order chi connectivity index (χ1) is 8.98. The van der Waals surface area contributed by atoms with Crippen LogP contribution in [0.2, 0.25) is 0 Å². The fourth-order valence-corrected chi connectivity index (χ4v) is 2.76. The van der Waals surface area contributed by atoms with E-state index in [4.69, 9.17) is 0 Å². The van der Waals surface area contributed by atoms with Crippen LogP contribution in [0.1, 0.15) is 38.2 Å². The molecule has 1 fully saturated rings. The van der Waals surface area contributed by atoms with Gasteiger partial charge in [0.1, 0.15) is 0 Å². The van der Waals surface area contributed by atoms with Gasteiger partial charge in [0, 0.05) is 17.4 Å². The van der Waals surface area contributed by atoms with Crippen LogP contribution >= 0.6 is 15.9 Å². The number of hydrogen-bond acceptors (Lipinski definition) is 2.